The van der Waals surface area contributed by atoms with Crippen LogP contribution in [0.1, 0.15) is 36.1 Å². The summed E-state index contributed by atoms with van der Waals surface area (Å²) in [6.45, 7) is 1.48. The molecule has 3 rings (SSSR count). The summed E-state index contributed by atoms with van der Waals surface area (Å²) >= 11 is 0. The van der Waals surface area contributed by atoms with E-state index in [-0.39, 0.29) is 0 Å². The summed E-state index contributed by atoms with van der Waals surface area (Å²) in [4.78, 5) is 12.4. The molecule has 2 atom stereocenters. The third-order valence-corrected chi connectivity index (χ3v) is 7.10. The van der Waals surface area contributed by atoms with Crippen molar-refractivity contribution in [3.05, 3.63) is 65.7 Å². The van der Waals surface area contributed by atoms with Crippen molar-refractivity contribution in [1.82, 2.24) is 0 Å². The molecule has 0 aliphatic heterocycles. The molecule has 126 valence electrons. The molecule has 2 aromatic carbocycles. The first-order valence-electron chi connectivity index (χ1n) is 8.16. The monoisotopic (exact) mass is 343 g/mol. The highest BCUT2D eigenvalue weighted by molar-refractivity contribution is 7.93. The molecule has 5 heteroatoms. The Morgan fingerprint density at radius 2 is 1.75 bits per heavy atom. The number of benzene rings is 2. The SMILES string of the molecule is C[C@@H](C(=O)Nc1ccccc1)S(=O)(=O)[C@@H]1CCCc2ccccc21. The molecule has 0 spiro atoms. The average Bonchev–Trinajstić information content (AvgIpc) is 2.61. The van der Waals surface area contributed by atoms with Crippen LogP contribution in [0.3, 0.4) is 0 Å². The maximum absolute atomic E-state index is 13.0. The molecule has 0 saturated carbocycles. The molecule has 0 heterocycles. The van der Waals surface area contributed by atoms with Gasteiger partial charge in [-0.2, -0.15) is 0 Å². The maximum Gasteiger partial charge on any atom is 0.242 e. The molecule has 1 aliphatic carbocycles. The predicted octanol–water partition coefficient (Wildman–Crippen LogP) is 3.51. The van der Waals surface area contributed by atoms with Gasteiger partial charge in [-0.3, -0.25) is 4.79 Å². The van der Waals surface area contributed by atoms with Crippen LogP contribution in [0.2, 0.25) is 0 Å². The highest BCUT2D eigenvalue weighted by Crippen LogP contribution is 2.37. The van der Waals surface area contributed by atoms with E-state index in [1.807, 2.05) is 30.3 Å². The normalized spacial score (nSPS) is 18.5. The number of sulfone groups is 1. The van der Waals surface area contributed by atoms with Crippen LogP contribution in [-0.2, 0) is 21.1 Å². The number of fused-ring (bicyclic) bond motifs is 1. The summed E-state index contributed by atoms with van der Waals surface area (Å²) in [7, 11) is -3.61. The van der Waals surface area contributed by atoms with Crippen molar-refractivity contribution in [3.63, 3.8) is 0 Å². The minimum Gasteiger partial charge on any atom is -0.325 e. The average molecular weight is 343 g/mol. The second-order valence-electron chi connectivity index (χ2n) is 6.17. The number of rotatable bonds is 4. The van der Waals surface area contributed by atoms with Gasteiger partial charge in [-0.1, -0.05) is 42.5 Å². The van der Waals surface area contributed by atoms with E-state index >= 15 is 0 Å². The molecule has 4 nitrogen and oxygen atoms in total. The van der Waals surface area contributed by atoms with Crippen LogP contribution in [-0.4, -0.2) is 19.6 Å². The first-order valence-corrected chi connectivity index (χ1v) is 9.77. The molecule has 24 heavy (non-hydrogen) atoms. The summed E-state index contributed by atoms with van der Waals surface area (Å²) in [6, 6.07) is 16.6. The standard InChI is InChI=1S/C19H21NO3S/c1-14(19(21)20-16-10-3-2-4-11-16)24(22,23)18-13-7-9-15-8-5-6-12-17(15)18/h2-6,8,10-12,14,18H,7,9,13H2,1H3,(H,20,21)/t14-,18+/m0/s1. The second-order valence-corrected chi connectivity index (χ2v) is 8.62. The minimum atomic E-state index is -3.61. The molecule has 1 N–H and O–H groups in total. The number of carbonyl (C=O) groups is 1. The van der Waals surface area contributed by atoms with E-state index in [2.05, 4.69) is 5.32 Å². The maximum atomic E-state index is 13.0. The van der Waals surface area contributed by atoms with Gasteiger partial charge in [0.15, 0.2) is 9.84 Å². The van der Waals surface area contributed by atoms with Crippen LogP contribution in [0.5, 0.6) is 0 Å². The highest BCUT2D eigenvalue weighted by Gasteiger charge is 2.38. The lowest BCUT2D eigenvalue weighted by Crippen LogP contribution is -2.36. The Morgan fingerprint density at radius 3 is 2.50 bits per heavy atom. The Morgan fingerprint density at radius 1 is 1.08 bits per heavy atom. The van der Waals surface area contributed by atoms with Crippen molar-refractivity contribution < 1.29 is 13.2 Å². The van der Waals surface area contributed by atoms with E-state index in [9.17, 15) is 13.2 Å². The van der Waals surface area contributed by atoms with E-state index in [1.54, 1.807) is 24.3 Å². The third kappa shape index (κ3) is 3.22. The molecule has 2 aromatic rings. The van der Waals surface area contributed by atoms with Gasteiger partial charge in [0.05, 0.1) is 5.25 Å². The quantitative estimate of drug-likeness (QED) is 0.924. The van der Waals surface area contributed by atoms with Crippen LogP contribution in [0.4, 0.5) is 5.69 Å². The number of amides is 1. The number of anilines is 1. The summed E-state index contributed by atoms with van der Waals surface area (Å²) in [5, 5.41) is 1.01. The van der Waals surface area contributed by atoms with E-state index in [0.29, 0.717) is 12.1 Å². The van der Waals surface area contributed by atoms with Crippen molar-refractivity contribution in [2.24, 2.45) is 0 Å². The fourth-order valence-corrected chi connectivity index (χ4v) is 5.14. The highest BCUT2D eigenvalue weighted by atomic mass is 32.2. The largest absolute Gasteiger partial charge is 0.325 e. The molecule has 0 aromatic heterocycles. The topological polar surface area (TPSA) is 63.2 Å². The lowest BCUT2D eigenvalue weighted by molar-refractivity contribution is -0.115. The molecule has 0 radical (unpaired) electrons. The minimum absolute atomic E-state index is 0.482. The van der Waals surface area contributed by atoms with Crippen LogP contribution in [0, 0.1) is 0 Å². The molecular weight excluding hydrogens is 322 g/mol. The van der Waals surface area contributed by atoms with Gasteiger partial charge >= 0.3 is 0 Å². The van der Waals surface area contributed by atoms with Crippen molar-refractivity contribution >= 4 is 21.4 Å². The van der Waals surface area contributed by atoms with Gasteiger partial charge in [-0.05, 0) is 49.4 Å². The molecule has 0 bridgehead atoms. The predicted molar refractivity (Wildman–Crippen MR) is 95.6 cm³/mol. The van der Waals surface area contributed by atoms with Crippen LogP contribution in [0.15, 0.2) is 54.6 Å². The fourth-order valence-electron chi connectivity index (χ4n) is 3.21. The van der Waals surface area contributed by atoms with Crippen LogP contribution < -0.4 is 5.32 Å². The zero-order chi connectivity index (χ0) is 17.2. The van der Waals surface area contributed by atoms with Crippen molar-refractivity contribution in [2.45, 2.75) is 36.7 Å². The number of aryl methyl sites for hydroxylation is 1. The van der Waals surface area contributed by atoms with Gasteiger partial charge in [0, 0.05) is 5.69 Å². The van der Waals surface area contributed by atoms with Crippen molar-refractivity contribution in [2.75, 3.05) is 5.32 Å². The van der Waals surface area contributed by atoms with Crippen molar-refractivity contribution in [1.29, 1.82) is 0 Å². The van der Waals surface area contributed by atoms with Crippen LogP contribution >= 0.6 is 0 Å². The Kier molecular flexibility index (Phi) is 4.71. The molecular formula is C19H21NO3S. The fraction of sp³-hybridized carbons (Fsp3) is 0.316. The van der Waals surface area contributed by atoms with Gasteiger partial charge in [0.1, 0.15) is 5.25 Å². The number of carbonyl (C=O) groups excluding carboxylic acids is 1. The second kappa shape index (κ2) is 6.77. The molecule has 1 aliphatic rings. The summed E-state index contributed by atoms with van der Waals surface area (Å²) in [5.74, 6) is -0.482. The smallest absolute Gasteiger partial charge is 0.242 e. The van der Waals surface area contributed by atoms with E-state index < -0.39 is 26.2 Å². The number of hydrogen-bond acceptors (Lipinski definition) is 3. The summed E-state index contributed by atoms with van der Waals surface area (Å²) in [5.41, 5.74) is 2.53. The Labute approximate surface area is 142 Å². The molecule has 0 fully saturated rings. The molecule has 1 amide bonds. The van der Waals surface area contributed by atoms with Gasteiger partial charge < -0.3 is 5.32 Å². The van der Waals surface area contributed by atoms with Crippen LogP contribution in [0.25, 0.3) is 0 Å². The van der Waals surface area contributed by atoms with Gasteiger partial charge in [0.25, 0.3) is 0 Å². The zero-order valence-corrected chi connectivity index (χ0v) is 14.4. The Bertz CT molecular complexity index is 831. The van der Waals surface area contributed by atoms with Crippen molar-refractivity contribution in [3.8, 4) is 0 Å². The van der Waals surface area contributed by atoms with Gasteiger partial charge in [0.2, 0.25) is 5.91 Å². The van der Waals surface area contributed by atoms with E-state index in [1.165, 1.54) is 6.92 Å². The van der Waals surface area contributed by atoms with Gasteiger partial charge in [-0.15, -0.1) is 0 Å². The first-order chi connectivity index (χ1) is 11.5. The van der Waals surface area contributed by atoms with E-state index in [4.69, 9.17) is 0 Å². The summed E-state index contributed by atoms with van der Waals surface area (Å²) < 4.78 is 26.0. The number of nitrogens with one attached hydrogen (secondary N) is 1. The summed E-state index contributed by atoms with van der Waals surface area (Å²) in [6.07, 6.45) is 2.29. The first kappa shape index (κ1) is 16.7. The Balaban J connectivity index is 1.84. The van der Waals surface area contributed by atoms with Gasteiger partial charge in [-0.25, -0.2) is 8.42 Å². The zero-order valence-electron chi connectivity index (χ0n) is 13.6. The number of hydrogen-bond donors (Lipinski definition) is 1. The van der Waals surface area contributed by atoms with E-state index in [0.717, 1.165) is 24.0 Å². The lowest BCUT2D eigenvalue weighted by Gasteiger charge is -2.27. The lowest BCUT2D eigenvalue weighted by atomic mass is 9.91. The molecule has 0 saturated heterocycles. The third-order valence-electron chi connectivity index (χ3n) is 4.61. The Hall–Kier alpha value is -2.14. The number of para-hydroxylation sites is 1. The molecule has 0 unspecified atom stereocenters.